The molecule has 0 rings (SSSR count). The van der Waals surface area contributed by atoms with E-state index < -0.39 is 0 Å². The van der Waals surface area contributed by atoms with Gasteiger partial charge in [0.05, 0.1) is 13.2 Å². The van der Waals surface area contributed by atoms with E-state index in [4.69, 9.17) is 21.7 Å². The Bertz CT molecular complexity index is 180. The molecule has 0 aliphatic heterocycles. The Labute approximate surface area is 132 Å². The van der Waals surface area contributed by atoms with Gasteiger partial charge in [-0.25, -0.2) is 0 Å². The monoisotopic (exact) mass is 324 g/mol. The van der Waals surface area contributed by atoms with Crippen molar-refractivity contribution in [1.82, 2.24) is 0 Å². The molecule has 0 amide bonds. The number of nitrogens with two attached hydrogens (primary N) is 2. The van der Waals surface area contributed by atoms with E-state index in [9.17, 15) is 0 Å². The summed E-state index contributed by atoms with van der Waals surface area (Å²) in [4.78, 5) is 0. The number of thioether (sulfide) groups is 2. The summed E-state index contributed by atoms with van der Waals surface area (Å²) in [6, 6.07) is -0.118. The van der Waals surface area contributed by atoms with Crippen LogP contribution in [0.4, 0.5) is 0 Å². The average Bonchev–Trinajstić information content (AvgIpc) is 2.47. The van der Waals surface area contributed by atoms with E-state index in [1.165, 1.54) is 38.5 Å². The second kappa shape index (κ2) is 15.9. The van der Waals surface area contributed by atoms with Crippen molar-refractivity contribution in [2.24, 2.45) is 11.5 Å². The van der Waals surface area contributed by atoms with Crippen molar-refractivity contribution >= 4 is 23.5 Å². The van der Waals surface area contributed by atoms with Gasteiger partial charge in [-0.05, 0) is 24.3 Å². The highest BCUT2D eigenvalue weighted by Crippen LogP contribution is 2.12. The molecule has 2 unspecified atom stereocenters. The molecule has 0 aromatic carbocycles. The molecule has 0 saturated carbocycles. The van der Waals surface area contributed by atoms with E-state index in [2.05, 4.69) is 0 Å². The molecule has 0 aliphatic rings. The molecule has 0 aromatic heterocycles. The summed E-state index contributed by atoms with van der Waals surface area (Å²) in [6.07, 6.45) is 7.72. The molecule has 122 valence electrons. The van der Waals surface area contributed by atoms with Gasteiger partial charge in [0, 0.05) is 23.6 Å². The van der Waals surface area contributed by atoms with Gasteiger partial charge in [-0.15, -0.1) is 0 Å². The number of hydrogen-bond acceptors (Lipinski definition) is 6. The molecule has 6 heteroatoms. The van der Waals surface area contributed by atoms with Crippen LogP contribution in [-0.4, -0.2) is 58.5 Å². The zero-order chi connectivity index (χ0) is 15.1. The lowest BCUT2D eigenvalue weighted by Gasteiger charge is -2.07. The van der Waals surface area contributed by atoms with Gasteiger partial charge in [0.25, 0.3) is 0 Å². The predicted molar refractivity (Wildman–Crippen MR) is 92.5 cm³/mol. The van der Waals surface area contributed by atoms with Crippen LogP contribution in [0.1, 0.15) is 38.5 Å². The average molecular weight is 325 g/mol. The second-order valence-corrected chi connectivity index (χ2v) is 7.46. The Hall–Kier alpha value is 0.540. The SMILES string of the molecule is NC(CO)CSCCCCCCCCSCC(N)CO. The molecule has 0 aliphatic carbocycles. The van der Waals surface area contributed by atoms with E-state index in [-0.39, 0.29) is 25.3 Å². The van der Waals surface area contributed by atoms with Gasteiger partial charge in [-0.1, -0.05) is 25.7 Å². The summed E-state index contributed by atoms with van der Waals surface area (Å²) >= 11 is 3.69. The molecule has 0 aromatic rings. The zero-order valence-electron chi connectivity index (χ0n) is 12.5. The van der Waals surface area contributed by atoms with Crippen molar-refractivity contribution in [3.63, 3.8) is 0 Å². The Morgan fingerprint density at radius 3 is 1.35 bits per heavy atom. The maximum absolute atomic E-state index is 8.78. The van der Waals surface area contributed by atoms with Crippen LogP contribution in [0, 0.1) is 0 Å². The lowest BCUT2D eigenvalue weighted by atomic mass is 10.1. The summed E-state index contributed by atoms with van der Waals surface area (Å²) in [5.41, 5.74) is 11.3. The highest BCUT2D eigenvalue weighted by atomic mass is 32.2. The highest BCUT2D eigenvalue weighted by molar-refractivity contribution is 7.99. The molecule has 2 atom stereocenters. The van der Waals surface area contributed by atoms with Gasteiger partial charge in [0.2, 0.25) is 0 Å². The van der Waals surface area contributed by atoms with Crippen LogP contribution in [0.5, 0.6) is 0 Å². The van der Waals surface area contributed by atoms with E-state index in [0.717, 1.165) is 23.0 Å². The topological polar surface area (TPSA) is 92.5 Å². The number of hydrogen-bond donors (Lipinski definition) is 4. The largest absolute Gasteiger partial charge is 0.395 e. The van der Waals surface area contributed by atoms with Gasteiger partial charge in [-0.2, -0.15) is 23.5 Å². The number of aliphatic hydroxyl groups is 2. The number of rotatable bonds is 15. The maximum Gasteiger partial charge on any atom is 0.0590 e. The van der Waals surface area contributed by atoms with Crippen molar-refractivity contribution in [3.8, 4) is 0 Å². The summed E-state index contributed by atoms with van der Waals surface area (Å²) in [7, 11) is 0. The fraction of sp³-hybridized carbons (Fsp3) is 1.00. The van der Waals surface area contributed by atoms with Crippen LogP contribution in [0.25, 0.3) is 0 Å². The van der Waals surface area contributed by atoms with E-state index in [0.29, 0.717) is 0 Å². The van der Waals surface area contributed by atoms with Gasteiger partial charge < -0.3 is 21.7 Å². The molecule has 0 spiro atoms. The van der Waals surface area contributed by atoms with Gasteiger partial charge in [0.1, 0.15) is 0 Å². The molecule has 0 saturated heterocycles. The Balaban J connectivity index is 3.03. The van der Waals surface area contributed by atoms with Gasteiger partial charge >= 0.3 is 0 Å². The van der Waals surface area contributed by atoms with Crippen molar-refractivity contribution in [2.45, 2.75) is 50.6 Å². The Morgan fingerprint density at radius 2 is 1.00 bits per heavy atom. The number of aliphatic hydroxyl groups excluding tert-OH is 2. The standard InChI is InChI=1S/C14H32N2O2S2/c15-13(9-17)11-19-7-5-3-1-2-4-6-8-20-12-14(16)10-18/h13-14,17-18H,1-12,15-16H2. The minimum atomic E-state index is -0.0588. The molecular weight excluding hydrogens is 292 g/mol. The summed E-state index contributed by atoms with van der Waals surface area (Å²) < 4.78 is 0. The Kier molecular flexibility index (Phi) is 16.3. The highest BCUT2D eigenvalue weighted by Gasteiger charge is 2.00. The lowest BCUT2D eigenvalue weighted by Crippen LogP contribution is -2.27. The van der Waals surface area contributed by atoms with Crippen LogP contribution in [0.2, 0.25) is 0 Å². The summed E-state index contributed by atoms with van der Waals surface area (Å²) in [5, 5.41) is 17.6. The first-order chi connectivity index (χ1) is 9.70. The third-order valence-corrected chi connectivity index (χ3v) is 5.44. The second-order valence-electron chi connectivity index (χ2n) is 5.16. The molecule has 0 bridgehead atoms. The normalized spacial score (nSPS) is 14.4. The minimum Gasteiger partial charge on any atom is -0.395 e. The smallest absolute Gasteiger partial charge is 0.0590 e. The summed E-state index contributed by atoms with van der Waals surface area (Å²) in [6.45, 7) is 0.183. The maximum atomic E-state index is 8.78. The predicted octanol–water partition coefficient (Wildman–Crippen LogP) is 1.43. The zero-order valence-corrected chi connectivity index (χ0v) is 14.1. The van der Waals surface area contributed by atoms with E-state index in [1.807, 2.05) is 23.5 Å². The summed E-state index contributed by atoms with van der Waals surface area (Å²) in [5.74, 6) is 4.04. The fourth-order valence-electron chi connectivity index (χ4n) is 1.69. The molecule has 20 heavy (non-hydrogen) atoms. The van der Waals surface area contributed by atoms with E-state index >= 15 is 0 Å². The molecule has 4 nitrogen and oxygen atoms in total. The Morgan fingerprint density at radius 1 is 0.650 bits per heavy atom. The number of unbranched alkanes of at least 4 members (excludes halogenated alkanes) is 5. The van der Waals surface area contributed by atoms with Crippen LogP contribution >= 0.6 is 23.5 Å². The molecular formula is C14H32N2O2S2. The van der Waals surface area contributed by atoms with Crippen molar-refractivity contribution in [1.29, 1.82) is 0 Å². The van der Waals surface area contributed by atoms with Gasteiger partial charge in [0.15, 0.2) is 0 Å². The third-order valence-electron chi connectivity index (χ3n) is 2.96. The van der Waals surface area contributed by atoms with Crippen molar-refractivity contribution in [3.05, 3.63) is 0 Å². The lowest BCUT2D eigenvalue weighted by molar-refractivity contribution is 0.275. The van der Waals surface area contributed by atoms with Crippen molar-refractivity contribution < 1.29 is 10.2 Å². The van der Waals surface area contributed by atoms with Crippen molar-refractivity contribution in [2.75, 3.05) is 36.2 Å². The van der Waals surface area contributed by atoms with Crippen LogP contribution in [0.3, 0.4) is 0 Å². The van der Waals surface area contributed by atoms with Crippen LogP contribution in [0.15, 0.2) is 0 Å². The molecule has 0 radical (unpaired) electrons. The van der Waals surface area contributed by atoms with Crippen LogP contribution in [-0.2, 0) is 0 Å². The first-order valence-electron chi connectivity index (χ1n) is 7.59. The first-order valence-corrected chi connectivity index (χ1v) is 9.90. The molecule has 0 fully saturated rings. The van der Waals surface area contributed by atoms with Crippen LogP contribution < -0.4 is 11.5 Å². The quantitative estimate of drug-likeness (QED) is 0.341. The first kappa shape index (κ1) is 20.5. The fourth-order valence-corrected chi connectivity index (χ4v) is 3.66. The minimum absolute atomic E-state index is 0.0588. The third kappa shape index (κ3) is 14.9. The van der Waals surface area contributed by atoms with E-state index in [1.54, 1.807) is 0 Å². The van der Waals surface area contributed by atoms with Gasteiger partial charge in [-0.3, -0.25) is 0 Å². The molecule has 0 heterocycles. The molecule has 6 N–H and O–H groups in total.